The predicted molar refractivity (Wildman–Crippen MR) is 91.2 cm³/mol. The molecule has 2 amide bonds. The maximum Gasteiger partial charge on any atom is 0.417 e. The van der Waals surface area contributed by atoms with Crippen LogP contribution in [0.2, 0.25) is 0 Å². The first-order valence-corrected chi connectivity index (χ1v) is 7.92. The van der Waals surface area contributed by atoms with Gasteiger partial charge in [0.25, 0.3) is 5.91 Å². The third-order valence-electron chi connectivity index (χ3n) is 3.04. The van der Waals surface area contributed by atoms with Gasteiger partial charge in [0.15, 0.2) is 16.6 Å². The Hall–Kier alpha value is -3.40. The lowest BCUT2D eigenvalue weighted by Gasteiger charge is -2.19. The van der Waals surface area contributed by atoms with Crippen LogP contribution >= 0.6 is 11.3 Å². The number of nitrogens with one attached hydrogen (secondary N) is 1. The van der Waals surface area contributed by atoms with E-state index >= 15 is 0 Å². The number of hydrogen-bond acceptors (Lipinski definition) is 7. The fourth-order valence-corrected chi connectivity index (χ4v) is 2.71. The van der Waals surface area contributed by atoms with Crippen molar-refractivity contribution >= 4 is 40.0 Å². The number of thiazole rings is 1. The van der Waals surface area contributed by atoms with Crippen LogP contribution in [0.15, 0.2) is 42.3 Å². The summed E-state index contributed by atoms with van der Waals surface area (Å²) in [6, 6.07) is 3.13. The van der Waals surface area contributed by atoms with Crippen molar-refractivity contribution in [2.75, 3.05) is 10.2 Å². The van der Waals surface area contributed by atoms with E-state index in [1.165, 1.54) is 36.1 Å². The molecule has 0 saturated heterocycles. The van der Waals surface area contributed by atoms with Gasteiger partial charge in [0.1, 0.15) is 0 Å². The molecule has 0 fully saturated rings. The summed E-state index contributed by atoms with van der Waals surface area (Å²) in [7, 11) is 0. The van der Waals surface area contributed by atoms with Crippen molar-refractivity contribution in [3.63, 3.8) is 0 Å². The Labute approximate surface area is 146 Å². The Kier molecular flexibility index (Phi) is 4.61. The summed E-state index contributed by atoms with van der Waals surface area (Å²) in [5, 5.41) is 14.3. The van der Waals surface area contributed by atoms with Crippen molar-refractivity contribution in [2.45, 2.75) is 6.92 Å². The van der Waals surface area contributed by atoms with Crippen LogP contribution in [0.3, 0.4) is 0 Å². The third-order valence-corrected chi connectivity index (χ3v) is 3.92. The average Bonchev–Trinajstić information content (AvgIpc) is 3.01. The smallest absolute Gasteiger partial charge is 0.417 e. The summed E-state index contributed by atoms with van der Waals surface area (Å²) in [4.78, 5) is 41.1. The van der Waals surface area contributed by atoms with Crippen LogP contribution in [0.5, 0.6) is 0 Å². The largest absolute Gasteiger partial charge is 0.464 e. The van der Waals surface area contributed by atoms with Crippen LogP contribution in [0, 0.1) is 6.92 Å². The highest BCUT2D eigenvalue weighted by atomic mass is 32.1. The molecule has 0 radical (unpaired) electrons. The predicted octanol–water partition coefficient (Wildman–Crippen LogP) is 2.70. The molecular formula is C15H12N6O3S. The van der Waals surface area contributed by atoms with Crippen molar-refractivity contribution in [1.29, 1.82) is 0 Å². The van der Waals surface area contributed by atoms with Gasteiger partial charge in [-0.3, -0.25) is 15.1 Å². The lowest BCUT2D eigenvalue weighted by atomic mass is 10.3. The van der Waals surface area contributed by atoms with Gasteiger partial charge in [-0.15, -0.1) is 11.3 Å². The fraction of sp³-hybridized carbons (Fsp3) is 0.0667. The molecule has 0 aliphatic heterocycles. The third kappa shape index (κ3) is 3.58. The maximum atomic E-state index is 12.5. The molecule has 0 spiro atoms. The van der Waals surface area contributed by atoms with E-state index in [0.717, 1.165) is 10.6 Å². The molecule has 3 rings (SSSR count). The number of anilines is 3. The number of amides is 2. The van der Waals surface area contributed by atoms with Gasteiger partial charge in [-0.05, 0) is 19.1 Å². The highest BCUT2D eigenvalue weighted by Gasteiger charge is 2.26. The molecule has 0 unspecified atom stereocenters. The minimum Gasteiger partial charge on any atom is -0.464 e. The summed E-state index contributed by atoms with van der Waals surface area (Å²) in [6.45, 7) is 1.80. The minimum absolute atomic E-state index is 0.117. The molecule has 0 aliphatic rings. The molecule has 9 nitrogen and oxygen atoms in total. The molecule has 3 heterocycles. The lowest BCUT2D eigenvalue weighted by molar-refractivity contribution is 0.102. The number of carbonyl (C=O) groups excluding carboxylic acids is 1. The highest BCUT2D eigenvalue weighted by Crippen LogP contribution is 2.26. The fourth-order valence-electron chi connectivity index (χ4n) is 2.03. The molecule has 3 aromatic rings. The molecule has 3 aromatic heterocycles. The molecular weight excluding hydrogens is 344 g/mol. The Morgan fingerprint density at radius 3 is 2.68 bits per heavy atom. The van der Waals surface area contributed by atoms with E-state index in [2.05, 4.69) is 25.3 Å². The summed E-state index contributed by atoms with van der Waals surface area (Å²) >= 11 is 1.26. The van der Waals surface area contributed by atoms with Crippen molar-refractivity contribution in [3.05, 3.63) is 53.7 Å². The summed E-state index contributed by atoms with van der Waals surface area (Å²) in [6.07, 6.45) is 4.18. The molecule has 126 valence electrons. The van der Waals surface area contributed by atoms with Crippen molar-refractivity contribution in [2.24, 2.45) is 0 Å². The number of rotatable bonds is 4. The standard InChI is InChI=1S/C15H12N6O3S/c1-9-8-25-14(19-9)20-13(22)11-12(18-6-5-17-11)21(15(23)24)10-3-2-4-16-7-10/h2-8H,1H3,(H,23,24)(H,19,20,22). The Morgan fingerprint density at radius 2 is 2.04 bits per heavy atom. The van der Waals surface area contributed by atoms with Crippen molar-refractivity contribution < 1.29 is 14.7 Å². The zero-order valence-electron chi connectivity index (χ0n) is 12.9. The Bertz CT molecular complexity index is 914. The number of carboxylic acid groups (broad SMARTS) is 1. The first-order chi connectivity index (χ1) is 12.1. The number of pyridine rings is 1. The monoisotopic (exact) mass is 356 g/mol. The second-order valence-electron chi connectivity index (χ2n) is 4.81. The first-order valence-electron chi connectivity index (χ1n) is 7.04. The van der Waals surface area contributed by atoms with E-state index in [9.17, 15) is 14.7 Å². The van der Waals surface area contributed by atoms with Crippen LogP contribution in [0.1, 0.15) is 16.2 Å². The molecule has 0 aliphatic carbocycles. The van der Waals surface area contributed by atoms with Gasteiger partial charge in [0.2, 0.25) is 0 Å². The molecule has 10 heteroatoms. The zero-order chi connectivity index (χ0) is 17.8. The zero-order valence-corrected chi connectivity index (χ0v) is 13.8. The van der Waals surface area contributed by atoms with E-state index < -0.39 is 12.0 Å². The quantitative estimate of drug-likeness (QED) is 0.737. The lowest BCUT2D eigenvalue weighted by Crippen LogP contribution is -2.28. The Balaban J connectivity index is 1.99. The highest BCUT2D eigenvalue weighted by molar-refractivity contribution is 7.13. The second-order valence-corrected chi connectivity index (χ2v) is 5.66. The molecule has 0 saturated carbocycles. The van der Waals surface area contributed by atoms with Crippen LogP contribution in [-0.2, 0) is 0 Å². The van der Waals surface area contributed by atoms with Gasteiger partial charge < -0.3 is 5.11 Å². The molecule has 2 N–H and O–H groups in total. The van der Waals surface area contributed by atoms with E-state index in [4.69, 9.17) is 0 Å². The molecule has 25 heavy (non-hydrogen) atoms. The van der Waals surface area contributed by atoms with Gasteiger partial charge in [-0.25, -0.2) is 24.6 Å². The minimum atomic E-state index is -1.31. The number of carbonyl (C=O) groups is 2. The molecule has 0 atom stereocenters. The van der Waals surface area contributed by atoms with E-state index in [1.807, 2.05) is 0 Å². The first kappa shape index (κ1) is 16.5. The van der Waals surface area contributed by atoms with Crippen LogP contribution in [0.4, 0.5) is 21.4 Å². The van der Waals surface area contributed by atoms with Crippen LogP contribution in [-0.4, -0.2) is 37.0 Å². The summed E-state index contributed by atoms with van der Waals surface area (Å²) in [5.41, 5.74) is 0.874. The molecule has 0 bridgehead atoms. The van der Waals surface area contributed by atoms with Gasteiger partial charge in [-0.2, -0.15) is 0 Å². The second kappa shape index (κ2) is 7.01. The van der Waals surface area contributed by atoms with Crippen molar-refractivity contribution in [3.8, 4) is 0 Å². The Morgan fingerprint density at radius 1 is 1.24 bits per heavy atom. The topological polar surface area (TPSA) is 121 Å². The van der Waals surface area contributed by atoms with Crippen LogP contribution in [0.25, 0.3) is 0 Å². The van der Waals surface area contributed by atoms with Gasteiger partial charge in [-0.1, -0.05) is 0 Å². The summed E-state index contributed by atoms with van der Waals surface area (Å²) in [5.74, 6) is -0.721. The number of aryl methyl sites for hydroxylation is 1. The van der Waals surface area contributed by atoms with E-state index in [0.29, 0.717) is 5.13 Å². The van der Waals surface area contributed by atoms with Gasteiger partial charge in [0.05, 0.1) is 17.6 Å². The number of nitrogens with zero attached hydrogens (tertiary/aromatic N) is 5. The normalized spacial score (nSPS) is 10.3. The van der Waals surface area contributed by atoms with Crippen LogP contribution < -0.4 is 10.2 Å². The summed E-state index contributed by atoms with van der Waals surface area (Å²) < 4.78 is 0. The molecule has 0 aromatic carbocycles. The van der Waals surface area contributed by atoms with Gasteiger partial charge in [0, 0.05) is 24.0 Å². The number of hydrogen-bond donors (Lipinski definition) is 2. The van der Waals surface area contributed by atoms with Gasteiger partial charge >= 0.3 is 6.09 Å². The van der Waals surface area contributed by atoms with Crippen molar-refractivity contribution in [1.82, 2.24) is 19.9 Å². The SMILES string of the molecule is Cc1csc(NC(=O)c2nccnc2N(C(=O)O)c2cccnc2)n1. The average molecular weight is 356 g/mol. The maximum absolute atomic E-state index is 12.5. The number of aromatic nitrogens is 4. The van der Waals surface area contributed by atoms with E-state index in [1.54, 1.807) is 24.4 Å². The van der Waals surface area contributed by atoms with E-state index in [-0.39, 0.29) is 17.2 Å².